The monoisotopic (exact) mass is 519 g/mol. The maximum absolute atomic E-state index is 10.1. The number of aromatic nitrogens is 1. The Bertz CT molecular complexity index is 2160. The van der Waals surface area contributed by atoms with Gasteiger partial charge in [-0.25, -0.2) is 0 Å². The maximum atomic E-state index is 10.1. The predicted octanol–water partition coefficient (Wildman–Crippen LogP) is 9.08. The third-order valence-corrected chi connectivity index (χ3v) is 10.4. The summed E-state index contributed by atoms with van der Waals surface area (Å²) in [6, 6.07) is 27.9. The number of thiophene rings is 1. The molecule has 1 aliphatic heterocycles. The Morgan fingerprint density at radius 1 is 0.846 bits per heavy atom. The van der Waals surface area contributed by atoms with Crippen LogP contribution in [0.15, 0.2) is 66.7 Å². The van der Waals surface area contributed by atoms with E-state index in [2.05, 4.69) is 71.3 Å². The average Bonchev–Trinajstić information content (AvgIpc) is 3.54. The summed E-state index contributed by atoms with van der Waals surface area (Å²) >= 11 is 1.78. The molecule has 0 bridgehead atoms. The standard InChI is InChI=1S/C34H21N3OS/c35-17-19-16-23-28-21(24(19)18-36)9-6-11-25(28)34(14-4-1-5-15-34)29-31-33(39-32(23)29)37-26-12-3-2-8-20(26)22-10-7-13-27(38-31)30(22)37/h2-3,6-13,16H,1,4-5,14-15H2. The van der Waals surface area contributed by atoms with E-state index in [0.717, 1.165) is 64.0 Å². The zero-order valence-electron chi connectivity index (χ0n) is 21.0. The van der Waals surface area contributed by atoms with Crippen LogP contribution < -0.4 is 4.74 Å². The number of rotatable bonds is 0. The molecular weight excluding hydrogens is 498 g/mol. The van der Waals surface area contributed by atoms with Gasteiger partial charge in [-0.3, -0.25) is 4.57 Å². The molecule has 9 rings (SSSR count). The van der Waals surface area contributed by atoms with Crippen LogP contribution in [0, 0.1) is 22.7 Å². The molecule has 3 heterocycles. The van der Waals surface area contributed by atoms with Crippen LogP contribution in [0.2, 0.25) is 0 Å². The van der Waals surface area contributed by atoms with Crippen molar-refractivity contribution in [2.75, 3.05) is 0 Å². The van der Waals surface area contributed by atoms with Crippen LogP contribution in [0.25, 0.3) is 48.0 Å². The van der Waals surface area contributed by atoms with Gasteiger partial charge in [0.15, 0.2) is 11.5 Å². The van der Waals surface area contributed by atoms with Gasteiger partial charge in [-0.1, -0.05) is 67.8 Å². The number of benzene rings is 4. The summed E-state index contributed by atoms with van der Waals surface area (Å²) in [5.74, 6) is 1.85. The van der Waals surface area contributed by atoms with Gasteiger partial charge in [-0.15, -0.1) is 11.3 Å². The lowest BCUT2D eigenvalue weighted by Gasteiger charge is -2.42. The van der Waals surface area contributed by atoms with Crippen LogP contribution in [0.5, 0.6) is 11.5 Å². The molecule has 4 aromatic carbocycles. The van der Waals surface area contributed by atoms with E-state index in [9.17, 15) is 10.5 Å². The number of ether oxygens (including phenoxy) is 1. The van der Waals surface area contributed by atoms with E-state index in [1.54, 1.807) is 11.3 Å². The molecule has 0 atom stereocenters. The Morgan fingerprint density at radius 2 is 1.64 bits per heavy atom. The first-order valence-electron chi connectivity index (χ1n) is 13.5. The molecule has 0 radical (unpaired) electrons. The lowest BCUT2D eigenvalue weighted by atomic mass is 9.61. The molecule has 0 amide bonds. The van der Waals surface area contributed by atoms with Crippen molar-refractivity contribution in [3.05, 3.63) is 89.0 Å². The Hall–Kier alpha value is -4.58. The van der Waals surface area contributed by atoms with Gasteiger partial charge in [0, 0.05) is 37.6 Å². The van der Waals surface area contributed by atoms with Crippen LogP contribution in [0.1, 0.15) is 54.4 Å². The summed E-state index contributed by atoms with van der Waals surface area (Å²) in [6.45, 7) is 0. The number of hydrogen-bond donors (Lipinski definition) is 0. The van der Waals surface area contributed by atoms with Gasteiger partial charge >= 0.3 is 0 Å². The average molecular weight is 520 g/mol. The van der Waals surface area contributed by atoms with E-state index in [4.69, 9.17) is 4.74 Å². The molecule has 0 saturated heterocycles. The third kappa shape index (κ3) is 2.43. The quantitative estimate of drug-likeness (QED) is 0.201. The van der Waals surface area contributed by atoms with Gasteiger partial charge in [0.2, 0.25) is 0 Å². The molecule has 5 heteroatoms. The first-order chi connectivity index (χ1) is 19.2. The summed E-state index contributed by atoms with van der Waals surface area (Å²) in [5, 5.41) is 25.7. The molecule has 2 aliphatic carbocycles. The van der Waals surface area contributed by atoms with Gasteiger partial charge in [0.25, 0.3) is 0 Å². The van der Waals surface area contributed by atoms with E-state index in [-0.39, 0.29) is 5.41 Å². The van der Waals surface area contributed by atoms with Crippen LogP contribution in [-0.2, 0) is 5.41 Å². The lowest BCUT2D eigenvalue weighted by Crippen LogP contribution is -2.33. The summed E-state index contributed by atoms with van der Waals surface area (Å²) < 4.78 is 9.33. The summed E-state index contributed by atoms with van der Waals surface area (Å²) in [7, 11) is 0. The number of nitrogens with zero attached hydrogens (tertiary/aromatic N) is 3. The first-order valence-corrected chi connectivity index (χ1v) is 14.4. The minimum atomic E-state index is -0.181. The highest BCUT2D eigenvalue weighted by molar-refractivity contribution is 7.18. The second-order valence-electron chi connectivity index (χ2n) is 11.0. The smallest absolute Gasteiger partial charge is 0.167 e. The van der Waals surface area contributed by atoms with Crippen LogP contribution >= 0.6 is 11.3 Å². The van der Waals surface area contributed by atoms with Crippen LogP contribution in [0.4, 0.5) is 0 Å². The Morgan fingerprint density at radius 3 is 2.49 bits per heavy atom. The molecule has 39 heavy (non-hydrogen) atoms. The number of fused-ring (bicyclic) bond motifs is 10. The predicted molar refractivity (Wildman–Crippen MR) is 155 cm³/mol. The molecule has 2 aromatic heterocycles. The van der Waals surface area contributed by atoms with E-state index in [1.165, 1.54) is 38.7 Å². The third-order valence-electron chi connectivity index (χ3n) is 9.26. The number of para-hydroxylation sites is 2. The van der Waals surface area contributed by atoms with Crippen molar-refractivity contribution >= 4 is 43.9 Å². The highest BCUT2D eigenvalue weighted by Crippen LogP contribution is 2.64. The molecule has 1 spiro atoms. The van der Waals surface area contributed by atoms with Gasteiger partial charge in [-0.2, -0.15) is 10.5 Å². The zero-order chi connectivity index (χ0) is 25.9. The van der Waals surface area contributed by atoms with Crippen molar-refractivity contribution in [1.29, 1.82) is 10.5 Å². The van der Waals surface area contributed by atoms with E-state index in [0.29, 0.717) is 11.1 Å². The Balaban J connectivity index is 1.48. The van der Waals surface area contributed by atoms with E-state index < -0.39 is 0 Å². The molecule has 0 N–H and O–H groups in total. The van der Waals surface area contributed by atoms with Crippen molar-refractivity contribution < 1.29 is 4.74 Å². The first kappa shape index (κ1) is 21.4. The van der Waals surface area contributed by atoms with Gasteiger partial charge in [-0.05, 0) is 42.0 Å². The van der Waals surface area contributed by atoms with Crippen molar-refractivity contribution in [3.8, 4) is 39.1 Å². The zero-order valence-corrected chi connectivity index (χ0v) is 21.9. The molecule has 6 aromatic rings. The second kappa shape index (κ2) is 7.29. The molecule has 3 aliphatic rings. The highest BCUT2D eigenvalue weighted by Gasteiger charge is 2.47. The largest absolute Gasteiger partial charge is 0.452 e. The molecule has 184 valence electrons. The highest BCUT2D eigenvalue weighted by atomic mass is 32.1. The molecular formula is C34H21N3OS. The second-order valence-corrected chi connectivity index (χ2v) is 12.0. The topological polar surface area (TPSA) is 61.7 Å². The van der Waals surface area contributed by atoms with Crippen molar-refractivity contribution in [2.24, 2.45) is 0 Å². The summed E-state index contributed by atoms with van der Waals surface area (Å²) in [6.07, 6.45) is 5.65. The van der Waals surface area contributed by atoms with Gasteiger partial charge in [0.1, 0.15) is 17.1 Å². The van der Waals surface area contributed by atoms with Crippen LogP contribution in [0.3, 0.4) is 0 Å². The maximum Gasteiger partial charge on any atom is 0.167 e. The summed E-state index contributed by atoms with van der Waals surface area (Å²) in [4.78, 5) is 1.19. The fourth-order valence-electron chi connectivity index (χ4n) is 7.74. The minimum absolute atomic E-state index is 0.181. The molecule has 4 nitrogen and oxygen atoms in total. The lowest BCUT2D eigenvalue weighted by molar-refractivity contribution is 0.337. The van der Waals surface area contributed by atoms with Crippen molar-refractivity contribution in [2.45, 2.75) is 37.5 Å². The van der Waals surface area contributed by atoms with Crippen molar-refractivity contribution in [1.82, 2.24) is 4.57 Å². The van der Waals surface area contributed by atoms with Gasteiger partial charge < -0.3 is 4.74 Å². The minimum Gasteiger partial charge on any atom is -0.452 e. The number of nitriles is 2. The number of hydrogen-bond acceptors (Lipinski definition) is 4. The van der Waals surface area contributed by atoms with Crippen LogP contribution in [-0.4, -0.2) is 4.57 Å². The van der Waals surface area contributed by atoms with E-state index >= 15 is 0 Å². The fraction of sp³-hybridized carbons (Fsp3) is 0.176. The Labute approximate surface area is 228 Å². The molecule has 1 saturated carbocycles. The SMILES string of the molecule is N#Cc1cc2c3c(cccc3c1C#N)C1(CCCCC1)c1c-2sc2c1Oc1cccc3c4ccccc4n-2c13. The molecule has 1 fully saturated rings. The summed E-state index contributed by atoms with van der Waals surface area (Å²) in [5.41, 5.74) is 6.65. The molecule has 0 unspecified atom stereocenters. The van der Waals surface area contributed by atoms with E-state index in [1.807, 2.05) is 12.1 Å². The Kier molecular flexibility index (Phi) is 3.99. The normalized spacial score (nSPS) is 16.1. The van der Waals surface area contributed by atoms with Gasteiger partial charge in [0.05, 0.1) is 22.2 Å². The van der Waals surface area contributed by atoms with Crippen molar-refractivity contribution in [3.63, 3.8) is 0 Å². The fourth-order valence-corrected chi connectivity index (χ4v) is 9.11.